The molecule has 21 heavy (non-hydrogen) atoms. The van der Waals surface area contributed by atoms with Gasteiger partial charge in [-0.1, -0.05) is 6.92 Å². The van der Waals surface area contributed by atoms with Crippen LogP contribution >= 0.6 is 0 Å². The van der Waals surface area contributed by atoms with Gasteiger partial charge in [0.05, 0.1) is 19.3 Å². The van der Waals surface area contributed by atoms with Gasteiger partial charge in [0, 0.05) is 25.6 Å². The third-order valence-corrected chi connectivity index (χ3v) is 5.53. The highest BCUT2D eigenvalue weighted by atomic mass is 32.2. The van der Waals surface area contributed by atoms with E-state index in [0.717, 1.165) is 0 Å². The molecule has 8 heteroatoms. The Morgan fingerprint density at radius 2 is 1.86 bits per heavy atom. The Balaban J connectivity index is 2.33. The first-order chi connectivity index (χ1) is 9.89. The highest BCUT2D eigenvalue weighted by molar-refractivity contribution is 7.89. The van der Waals surface area contributed by atoms with E-state index in [-0.39, 0.29) is 30.5 Å². The van der Waals surface area contributed by atoms with Crippen molar-refractivity contribution < 1.29 is 22.7 Å². The molecular formula is C13H24N2O5S. The molecule has 0 bridgehead atoms. The lowest BCUT2D eigenvalue weighted by Crippen LogP contribution is -2.47. The lowest BCUT2D eigenvalue weighted by atomic mass is 10.1. The Kier molecular flexibility index (Phi) is 7.10. The largest absolute Gasteiger partial charge is 0.469 e. The second kappa shape index (κ2) is 8.33. The van der Waals surface area contributed by atoms with Gasteiger partial charge in [-0.2, -0.15) is 0 Å². The summed E-state index contributed by atoms with van der Waals surface area (Å²) in [6.45, 7) is 2.71. The van der Waals surface area contributed by atoms with Gasteiger partial charge in [0.15, 0.2) is 0 Å². The maximum atomic E-state index is 11.9. The van der Waals surface area contributed by atoms with Gasteiger partial charge in [0.2, 0.25) is 15.9 Å². The second-order valence-corrected chi connectivity index (χ2v) is 7.22. The fourth-order valence-corrected chi connectivity index (χ4v) is 3.82. The number of piperidine rings is 1. The number of nitrogens with zero attached hydrogens (tertiary/aromatic N) is 1. The van der Waals surface area contributed by atoms with Crippen LogP contribution in [0.3, 0.4) is 0 Å². The minimum absolute atomic E-state index is 0.0248. The van der Waals surface area contributed by atoms with Crippen LogP contribution in [0.4, 0.5) is 0 Å². The fraction of sp³-hybridized carbons (Fsp3) is 0.846. The van der Waals surface area contributed by atoms with Gasteiger partial charge in [-0.15, -0.1) is 0 Å². The Labute approximate surface area is 126 Å². The first kappa shape index (κ1) is 17.9. The molecule has 1 fully saturated rings. The van der Waals surface area contributed by atoms with E-state index in [4.69, 9.17) is 0 Å². The van der Waals surface area contributed by atoms with Gasteiger partial charge >= 0.3 is 5.97 Å². The number of sulfonamides is 1. The van der Waals surface area contributed by atoms with Crippen LogP contribution in [-0.4, -0.2) is 56.6 Å². The summed E-state index contributed by atoms with van der Waals surface area (Å²) in [5, 5.41) is 2.83. The number of esters is 1. The van der Waals surface area contributed by atoms with E-state index in [2.05, 4.69) is 10.1 Å². The lowest BCUT2D eigenvalue weighted by molar-refractivity contribution is -0.142. The Bertz CT molecular complexity index is 455. The quantitative estimate of drug-likeness (QED) is 0.679. The molecule has 0 aromatic heterocycles. The summed E-state index contributed by atoms with van der Waals surface area (Å²) in [7, 11) is -1.87. The van der Waals surface area contributed by atoms with Crippen molar-refractivity contribution in [3.05, 3.63) is 0 Å². The van der Waals surface area contributed by atoms with Crippen LogP contribution in [-0.2, 0) is 24.3 Å². The normalized spacial score (nSPS) is 17.4. The van der Waals surface area contributed by atoms with Crippen molar-refractivity contribution in [2.24, 2.45) is 0 Å². The van der Waals surface area contributed by atoms with E-state index in [1.54, 1.807) is 0 Å². The average Bonchev–Trinajstić information content (AvgIpc) is 2.45. The van der Waals surface area contributed by atoms with Gasteiger partial charge in [-0.05, 0) is 19.3 Å². The van der Waals surface area contributed by atoms with E-state index in [1.807, 2.05) is 6.92 Å². The van der Waals surface area contributed by atoms with Crippen LogP contribution in [0.5, 0.6) is 0 Å². The summed E-state index contributed by atoms with van der Waals surface area (Å²) in [5.74, 6) is -0.440. The summed E-state index contributed by atoms with van der Waals surface area (Å²) in [6, 6.07) is -0.0248. The zero-order valence-corrected chi connectivity index (χ0v) is 13.4. The van der Waals surface area contributed by atoms with Crippen molar-refractivity contribution in [1.29, 1.82) is 0 Å². The van der Waals surface area contributed by atoms with Gasteiger partial charge in [0.25, 0.3) is 0 Å². The smallest absolute Gasteiger partial charge is 0.306 e. The van der Waals surface area contributed by atoms with Crippen LogP contribution < -0.4 is 5.32 Å². The maximum Gasteiger partial charge on any atom is 0.306 e. The van der Waals surface area contributed by atoms with Gasteiger partial charge in [0.1, 0.15) is 0 Å². The topological polar surface area (TPSA) is 92.8 Å². The van der Waals surface area contributed by atoms with E-state index >= 15 is 0 Å². The van der Waals surface area contributed by atoms with Crippen molar-refractivity contribution in [1.82, 2.24) is 9.62 Å². The molecule has 0 aromatic carbocycles. The maximum absolute atomic E-state index is 11.9. The van der Waals surface area contributed by atoms with E-state index in [1.165, 1.54) is 11.4 Å². The van der Waals surface area contributed by atoms with Crippen LogP contribution in [0, 0.1) is 0 Å². The Hall–Kier alpha value is -1.15. The SMILES string of the molecule is CCCS(=O)(=O)N1CCC(NC(=O)CCC(=O)OC)CC1. The standard InChI is InChI=1S/C13H24N2O5S/c1-3-10-21(18,19)15-8-6-11(7-9-15)14-12(16)4-5-13(17)20-2/h11H,3-10H2,1-2H3,(H,14,16). The number of ether oxygens (including phenoxy) is 1. The molecule has 0 spiro atoms. The molecule has 0 aliphatic carbocycles. The molecule has 1 heterocycles. The fourth-order valence-electron chi connectivity index (χ4n) is 2.28. The minimum atomic E-state index is -3.15. The summed E-state index contributed by atoms with van der Waals surface area (Å²) in [4.78, 5) is 22.6. The molecule has 1 aliphatic heterocycles. The Morgan fingerprint density at radius 1 is 1.24 bits per heavy atom. The van der Waals surface area contributed by atoms with Crippen LogP contribution in [0.1, 0.15) is 39.0 Å². The third-order valence-electron chi connectivity index (χ3n) is 3.46. The van der Waals surface area contributed by atoms with Gasteiger partial charge in [-0.3, -0.25) is 9.59 Å². The summed E-state index contributed by atoms with van der Waals surface area (Å²) in [6.07, 6.45) is 1.97. The zero-order chi connectivity index (χ0) is 15.9. The van der Waals surface area contributed by atoms with Crippen LogP contribution in [0.15, 0.2) is 0 Å². The van der Waals surface area contributed by atoms with Crippen molar-refractivity contribution in [3.8, 4) is 0 Å². The molecular weight excluding hydrogens is 296 g/mol. The second-order valence-electron chi connectivity index (χ2n) is 5.13. The summed E-state index contributed by atoms with van der Waals surface area (Å²) < 4.78 is 29.8. The Morgan fingerprint density at radius 3 is 2.38 bits per heavy atom. The molecule has 1 N–H and O–H groups in total. The molecule has 7 nitrogen and oxygen atoms in total. The van der Waals surface area contributed by atoms with Crippen LogP contribution in [0.25, 0.3) is 0 Å². The molecule has 0 unspecified atom stereocenters. The lowest BCUT2D eigenvalue weighted by Gasteiger charge is -2.31. The van der Waals surface area contributed by atoms with E-state index in [9.17, 15) is 18.0 Å². The predicted molar refractivity (Wildman–Crippen MR) is 78.1 cm³/mol. The third kappa shape index (κ3) is 6.01. The number of hydrogen-bond donors (Lipinski definition) is 1. The summed E-state index contributed by atoms with van der Waals surface area (Å²) in [5.41, 5.74) is 0. The van der Waals surface area contributed by atoms with Gasteiger partial charge in [-0.25, -0.2) is 12.7 Å². The number of rotatable bonds is 7. The molecule has 0 atom stereocenters. The van der Waals surface area contributed by atoms with Crippen molar-refractivity contribution in [3.63, 3.8) is 0 Å². The first-order valence-electron chi connectivity index (χ1n) is 7.23. The number of carbonyl (C=O) groups excluding carboxylic acids is 2. The number of amides is 1. The number of carbonyl (C=O) groups is 2. The van der Waals surface area contributed by atoms with Crippen molar-refractivity contribution >= 4 is 21.9 Å². The molecule has 0 radical (unpaired) electrons. The molecule has 122 valence electrons. The van der Waals surface area contributed by atoms with Gasteiger partial charge < -0.3 is 10.1 Å². The first-order valence-corrected chi connectivity index (χ1v) is 8.84. The molecule has 0 aromatic rings. The number of nitrogens with one attached hydrogen (secondary N) is 1. The van der Waals surface area contributed by atoms with E-state index < -0.39 is 16.0 Å². The van der Waals surface area contributed by atoms with E-state index in [0.29, 0.717) is 32.4 Å². The highest BCUT2D eigenvalue weighted by Crippen LogP contribution is 2.15. The highest BCUT2D eigenvalue weighted by Gasteiger charge is 2.27. The number of hydrogen-bond acceptors (Lipinski definition) is 5. The molecule has 1 saturated heterocycles. The minimum Gasteiger partial charge on any atom is -0.469 e. The monoisotopic (exact) mass is 320 g/mol. The molecule has 1 rings (SSSR count). The molecule has 1 amide bonds. The van der Waals surface area contributed by atoms with Crippen LogP contribution in [0.2, 0.25) is 0 Å². The average molecular weight is 320 g/mol. The molecule has 1 aliphatic rings. The van der Waals surface area contributed by atoms with Crippen molar-refractivity contribution in [2.45, 2.75) is 45.1 Å². The summed E-state index contributed by atoms with van der Waals surface area (Å²) >= 11 is 0. The zero-order valence-electron chi connectivity index (χ0n) is 12.6. The predicted octanol–water partition coefficient (Wildman–Crippen LogP) is 0.260. The molecule has 0 saturated carbocycles. The number of methoxy groups -OCH3 is 1. The van der Waals surface area contributed by atoms with Crippen molar-refractivity contribution in [2.75, 3.05) is 26.0 Å².